The monoisotopic (exact) mass is 214 g/mol. The Morgan fingerprint density at radius 3 is 2.80 bits per heavy atom. The van der Waals surface area contributed by atoms with Crippen molar-refractivity contribution in [3.8, 4) is 0 Å². The zero-order valence-corrected chi connectivity index (χ0v) is 10.1. The van der Waals surface area contributed by atoms with E-state index in [4.69, 9.17) is 15.3 Å². The smallest absolute Gasteiger partial charge is 0.0691 e. The Morgan fingerprint density at radius 2 is 2.20 bits per heavy atom. The molecule has 1 heterocycles. The first-order valence-electron chi connectivity index (χ1n) is 5.59. The molecule has 2 N–H and O–H groups in total. The average Bonchev–Trinajstić information content (AvgIpc) is 2.64. The molecule has 2 rings (SSSR count). The van der Waals surface area contributed by atoms with Gasteiger partial charge in [0.25, 0.3) is 0 Å². The van der Waals surface area contributed by atoms with E-state index in [0.717, 1.165) is 19.6 Å². The highest BCUT2D eigenvalue weighted by molar-refractivity contribution is 5.21. The Kier molecular flexibility index (Phi) is 2.58. The minimum absolute atomic E-state index is 0.0426. The van der Waals surface area contributed by atoms with E-state index in [9.17, 15) is 0 Å². The third-order valence-corrected chi connectivity index (χ3v) is 4.46. The third-order valence-electron chi connectivity index (χ3n) is 4.46. The highest BCUT2D eigenvalue weighted by Gasteiger charge is 2.67. The summed E-state index contributed by atoms with van der Waals surface area (Å²) in [5.41, 5.74) is 6.40. The summed E-state index contributed by atoms with van der Waals surface area (Å²) in [4.78, 5) is 5.18. The van der Waals surface area contributed by atoms with Crippen LogP contribution in [0.3, 0.4) is 0 Å². The number of nitrogens with zero attached hydrogens (tertiary/aromatic N) is 1. The van der Waals surface area contributed by atoms with E-state index in [1.54, 1.807) is 7.11 Å². The maximum atomic E-state index is 6.54. The van der Waals surface area contributed by atoms with Crippen LogP contribution in [0.4, 0.5) is 0 Å². The number of fused-ring (bicyclic) bond motifs is 1. The van der Waals surface area contributed by atoms with Gasteiger partial charge in [-0.2, -0.15) is 5.06 Å². The van der Waals surface area contributed by atoms with Crippen LogP contribution in [0, 0.1) is 11.3 Å². The van der Waals surface area contributed by atoms with Crippen molar-refractivity contribution < 1.29 is 9.57 Å². The molecule has 0 aromatic heterocycles. The van der Waals surface area contributed by atoms with Crippen molar-refractivity contribution in [2.45, 2.75) is 31.9 Å². The quantitative estimate of drug-likeness (QED) is 0.700. The Hall–Kier alpha value is -0.160. The van der Waals surface area contributed by atoms with Gasteiger partial charge in [0.2, 0.25) is 0 Å². The molecular formula is C11H22N2O2. The largest absolute Gasteiger partial charge is 0.377 e. The average molecular weight is 214 g/mol. The molecule has 4 nitrogen and oxygen atoms in total. The zero-order valence-electron chi connectivity index (χ0n) is 10.1. The fourth-order valence-corrected chi connectivity index (χ4v) is 3.23. The molecule has 0 amide bonds. The maximum absolute atomic E-state index is 6.54. The molecule has 0 aromatic carbocycles. The van der Waals surface area contributed by atoms with Gasteiger partial charge in [-0.15, -0.1) is 0 Å². The predicted octanol–water partition coefficient (Wildman–Crippen LogP) is 0.622. The summed E-state index contributed by atoms with van der Waals surface area (Å²) in [7, 11) is 3.60. The molecule has 1 saturated carbocycles. The summed E-state index contributed by atoms with van der Waals surface area (Å²) in [5.74, 6) is 0.491. The lowest BCUT2D eigenvalue weighted by Crippen LogP contribution is -2.77. The van der Waals surface area contributed by atoms with Crippen molar-refractivity contribution in [1.82, 2.24) is 5.06 Å². The molecule has 88 valence electrons. The van der Waals surface area contributed by atoms with E-state index in [1.165, 1.54) is 0 Å². The molecule has 0 spiro atoms. The second kappa shape index (κ2) is 3.42. The van der Waals surface area contributed by atoms with Crippen LogP contribution in [0.2, 0.25) is 0 Å². The van der Waals surface area contributed by atoms with E-state index in [1.807, 2.05) is 12.1 Å². The molecule has 15 heavy (non-hydrogen) atoms. The Labute approximate surface area is 91.7 Å². The summed E-state index contributed by atoms with van der Waals surface area (Å²) >= 11 is 0. The van der Waals surface area contributed by atoms with Gasteiger partial charge in [0.05, 0.1) is 13.2 Å². The van der Waals surface area contributed by atoms with Crippen LogP contribution < -0.4 is 5.73 Å². The van der Waals surface area contributed by atoms with E-state index < -0.39 is 0 Å². The first-order chi connectivity index (χ1) is 6.93. The second-order valence-corrected chi connectivity index (χ2v) is 5.42. The number of hydroxylamine groups is 2. The predicted molar refractivity (Wildman–Crippen MR) is 58.2 cm³/mol. The summed E-state index contributed by atoms with van der Waals surface area (Å²) < 4.78 is 5.74. The van der Waals surface area contributed by atoms with Gasteiger partial charge < -0.3 is 15.3 Å². The van der Waals surface area contributed by atoms with Crippen molar-refractivity contribution in [3.05, 3.63) is 0 Å². The van der Waals surface area contributed by atoms with Gasteiger partial charge in [0, 0.05) is 37.1 Å². The molecule has 0 bridgehead atoms. The molecule has 4 heteroatoms. The molecule has 3 atom stereocenters. The highest BCUT2D eigenvalue weighted by atomic mass is 16.7. The first-order valence-corrected chi connectivity index (χ1v) is 5.59. The fourth-order valence-electron chi connectivity index (χ4n) is 3.23. The first kappa shape index (κ1) is 11.3. The van der Waals surface area contributed by atoms with Gasteiger partial charge >= 0.3 is 0 Å². The van der Waals surface area contributed by atoms with Crippen molar-refractivity contribution >= 4 is 0 Å². The van der Waals surface area contributed by atoms with Crippen LogP contribution in [0.15, 0.2) is 0 Å². The van der Waals surface area contributed by atoms with Gasteiger partial charge in [-0.05, 0) is 6.42 Å². The van der Waals surface area contributed by atoms with Crippen LogP contribution >= 0.6 is 0 Å². The molecule has 0 aromatic rings. The Morgan fingerprint density at radius 1 is 1.53 bits per heavy atom. The van der Waals surface area contributed by atoms with Gasteiger partial charge in [-0.3, -0.25) is 0 Å². The molecule has 2 fully saturated rings. The van der Waals surface area contributed by atoms with Crippen molar-refractivity contribution in [1.29, 1.82) is 0 Å². The third kappa shape index (κ3) is 1.35. The number of hydrogen-bond acceptors (Lipinski definition) is 4. The van der Waals surface area contributed by atoms with E-state index in [-0.39, 0.29) is 11.0 Å². The van der Waals surface area contributed by atoms with Gasteiger partial charge in [0.15, 0.2) is 0 Å². The van der Waals surface area contributed by atoms with E-state index in [2.05, 4.69) is 13.8 Å². The zero-order chi connectivity index (χ0) is 11.3. The number of hydrogen-bond donors (Lipinski definition) is 1. The van der Waals surface area contributed by atoms with Crippen molar-refractivity contribution in [3.63, 3.8) is 0 Å². The molecule has 3 unspecified atom stereocenters. The second-order valence-electron chi connectivity index (χ2n) is 5.42. The van der Waals surface area contributed by atoms with Crippen LogP contribution in [-0.2, 0) is 9.57 Å². The molecule has 1 aliphatic heterocycles. The van der Waals surface area contributed by atoms with Crippen molar-refractivity contribution in [2.24, 2.45) is 17.1 Å². The molecule has 1 aliphatic carbocycles. The molecule has 2 aliphatic rings. The van der Waals surface area contributed by atoms with Crippen LogP contribution in [0.1, 0.15) is 20.3 Å². The lowest BCUT2D eigenvalue weighted by molar-refractivity contribution is -0.203. The number of likely N-dealkylation sites (N-methyl/N-ethyl adjacent to an activating group) is 1. The van der Waals surface area contributed by atoms with E-state index >= 15 is 0 Å². The minimum Gasteiger partial charge on any atom is -0.377 e. The summed E-state index contributed by atoms with van der Waals surface area (Å²) in [6.07, 6.45) is 1.43. The van der Waals surface area contributed by atoms with Crippen molar-refractivity contribution in [2.75, 3.05) is 27.3 Å². The van der Waals surface area contributed by atoms with Gasteiger partial charge in [-0.25, -0.2) is 0 Å². The van der Waals surface area contributed by atoms with Crippen LogP contribution in [0.5, 0.6) is 0 Å². The summed E-state index contributed by atoms with van der Waals surface area (Å²) in [6.45, 7) is 6.02. The van der Waals surface area contributed by atoms with Gasteiger partial charge in [0.1, 0.15) is 0 Å². The highest BCUT2D eigenvalue weighted by Crippen LogP contribution is 2.58. The fraction of sp³-hybridized carbons (Fsp3) is 1.00. The van der Waals surface area contributed by atoms with Gasteiger partial charge in [-0.1, -0.05) is 13.8 Å². The topological polar surface area (TPSA) is 47.7 Å². The number of nitrogens with two attached hydrogens (primary N) is 1. The lowest BCUT2D eigenvalue weighted by Gasteiger charge is -2.63. The SMILES string of the molecule is CON(C)CC1(N)C2CCOC2C1(C)C. The maximum Gasteiger partial charge on any atom is 0.0691 e. The Balaban J connectivity index is 2.13. The molecular weight excluding hydrogens is 192 g/mol. The minimum atomic E-state index is -0.182. The van der Waals surface area contributed by atoms with Crippen LogP contribution in [-0.4, -0.2) is 44.0 Å². The van der Waals surface area contributed by atoms with Crippen LogP contribution in [0.25, 0.3) is 0 Å². The standard InChI is InChI=1S/C11H22N2O2/c1-10(2)9-8(5-6-15-9)11(10,12)7-13(3)14-4/h8-9H,5-7,12H2,1-4H3. The lowest BCUT2D eigenvalue weighted by atomic mass is 9.48. The normalized spacial score (nSPS) is 42.8. The Bertz CT molecular complexity index is 257. The summed E-state index contributed by atoms with van der Waals surface area (Å²) in [6, 6.07) is 0. The van der Waals surface area contributed by atoms with E-state index in [0.29, 0.717) is 12.0 Å². The molecule has 0 radical (unpaired) electrons. The number of rotatable bonds is 3. The summed E-state index contributed by atoms with van der Waals surface area (Å²) in [5, 5.41) is 1.82. The number of ether oxygens (including phenoxy) is 1. The molecule has 1 saturated heterocycles.